The third kappa shape index (κ3) is 3.64. The van der Waals surface area contributed by atoms with Crippen molar-refractivity contribution >= 4 is 27.3 Å². The zero-order chi connectivity index (χ0) is 16.2. The molecule has 0 spiro atoms. The molecule has 0 fully saturated rings. The zero-order valence-corrected chi connectivity index (χ0v) is 13.7. The number of ether oxygens (including phenoxy) is 2. The molecule has 0 aliphatic heterocycles. The third-order valence-corrected chi connectivity index (χ3v) is 4.71. The molecule has 0 saturated heterocycles. The largest absolute Gasteiger partial charge is 0.497 e. The van der Waals surface area contributed by atoms with Crippen molar-refractivity contribution < 1.29 is 17.9 Å². The summed E-state index contributed by atoms with van der Waals surface area (Å²) in [6.07, 6.45) is 0. The number of hydrogen-bond acceptors (Lipinski definition) is 4. The van der Waals surface area contributed by atoms with E-state index in [0.29, 0.717) is 23.8 Å². The van der Waals surface area contributed by atoms with E-state index in [4.69, 9.17) is 21.1 Å². The van der Waals surface area contributed by atoms with Crippen molar-refractivity contribution in [2.75, 3.05) is 18.4 Å². The van der Waals surface area contributed by atoms with Crippen LogP contribution in [0.25, 0.3) is 0 Å². The van der Waals surface area contributed by atoms with Gasteiger partial charge in [-0.25, -0.2) is 8.42 Å². The van der Waals surface area contributed by atoms with Gasteiger partial charge in [-0.3, -0.25) is 4.72 Å². The second-order valence-corrected chi connectivity index (χ2v) is 6.39. The first kappa shape index (κ1) is 16.5. The molecule has 0 heterocycles. The third-order valence-electron chi connectivity index (χ3n) is 2.86. The fraction of sp³-hybridized carbons (Fsp3) is 0.200. The fourth-order valence-corrected chi connectivity index (χ4v) is 3.46. The Morgan fingerprint density at radius 3 is 2.55 bits per heavy atom. The Morgan fingerprint density at radius 2 is 1.91 bits per heavy atom. The normalized spacial score (nSPS) is 11.0. The van der Waals surface area contributed by atoms with Crippen LogP contribution in [0.15, 0.2) is 47.4 Å². The summed E-state index contributed by atoms with van der Waals surface area (Å²) in [4.78, 5) is -0.0266. The number of nitrogens with one attached hydrogen (secondary N) is 1. The minimum Gasteiger partial charge on any atom is -0.497 e. The first-order valence-electron chi connectivity index (χ1n) is 6.56. The summed E-state index contributed by atoms with van der Waals surface area (Å²) in [6.45, 7) is 2.26. The van der Waals surface area contributed by atoms with Gasteiger partial charge in [0.1, 0.15) is 16.4 Å². The Labute approximate surface area is 134 Å². The first-order valence-corrected chi connectivity index (χ1v) is 8.42. The molecule has 1 N–H and O–H groups in total. The molecule has 5 nitrogen and oxygen atoms in total. The zero-order valence-electron chi connectivity index (χ0n) is 12.2. The van der Waals surface area contributed by atoms with E-state index >= 15 is 0 Å². The van der Waals surface area contributed by atoms with Gasteiger partial charge in [0.2, 0.25) is 0 Å². The lowest BCUT2D eigenvalue weighted by Gasteiger charge is -2.13. The highest BCUT2D eigenvalue weighted by molar-refractivity contribution is 7.92. The van der Waals surface area contributed by atoms with Crippen LogP contribution in [-0.2, 0) is 10.0 Å². The maximum atomic E-state index is 12.5. The molecule has 0 atom stereocenters. The van der Waals surface area contributed by atoms with Crippen LogP contribution in [0.4, 0.5) is 5.69 Å². The topological polar surface area (TPSA) is 64.6 Å². The van der Waals surface area contributed by atoms with Crippen molar-refractivity contribution in [3.05, 3.63) is 47.5 Å². The molecule has 0 aliphatic carbocycles. The van der Waals surface area contributed by atoms with E-state index < -0.39 is 10.0 Å². The van der Waals surface area contributed by atoms with Gasteiger partial charge in [0, 0.05) is 6.07 Å². The quantitative estimate of drug-likeness (QED) is 0.872. The standard InChI is InChI=1S/C15H16ClNO4S/c1-3-21-14-7-5-4-6-13(14)17-22(18,19)15-9-8-11(20-2)10-12(15)16/h4-10,17H,3H2,1-2H3. The summed E-state index contributed by atoms with van der Waals surface area (Å²) in [5.41, 5.74) is 0.358. The average molecular weight is 342 g/mol. The maximum absolute atomic E-state index is 12.5. The molecule has 7 heteroatoms. The number of rotatable bonds is 6. The van der Waals surface area contributed by atoms with E-state index in [2.05, 4.69) is 4.72 Å². The molecule has 2 rings (SSSR count). The van der Waals surface area contributed by atoms with Gasteiger partial charge in [-0.1, -0.05) is 23.7 Å². The summed E-state index contributed by atoms with van der Waals surface area (Å²) < 4.78 is 37.9. The number of methoxy groups -OCH3 is 1. The van der Waals surface area contributed by atoms with Crippen molar-refractivity contribution in [3.63, 3.8) is 0 Å². The highest BCUT2D eigenvalue weighted by atomic mass is 35.5. The van der Waals surface area contributed by atoms with Crippen molar-refractivity contribution in [2.45, 2.75) is 11.8 Å². The van der Waals surface area contributed by atoms with Crippen LogP contribution >= 0.6 is 11.6 Å². The minimum atomic E-state index is -3.83. The Balaban J connectivity index is 2.36. The molecule has 0 aromatic heterocycles. The van der Waals surface area contributed by atoms with Gasteiger partial charge in [0.05, 0.1) is 24.4 Å². The average Bonchev–Trinajstić information content (AvgIpc) is 2.48. The lowest BCUT2D eigenvalue weighted by molar-refractivity contribution is 0.342. The minimum absolute atomic E-state index is 0.0266. The van der Waals surface area contributed by atoms with E-state index in [1.807, 2.05) is 6.92 Å². The first-order chi connectivity index (χ1) is 10.5. The van der Waals surface area contributed by atoms with Crippen LogP contribution in [0.1, 0.15) is 6.92 Å². The Morgan fingerprint density at radius 1 is 1.18 bits per heavy atom. The van der Waals surface area contributed by atoms with Gasteiger partial charge in [-0.05, 0) is 31.2 Å². The molecule has 2 aromatic carbocycles. The lowest BCUT2D eigenvalue weighted by atomic mass is 10.3. The fourth-order valence-electron chi connectivity index (χ4n) is 1.86. The summed E-state index contributed by atoms with van der Waals surface area (Å²) in [5, 5.41) is 0.0840. The van der Waals surface area contributed by atoms with Crippen molar-refractivity contribution in [1.82, 2.24) is 0 Å². The van der Waals surface area contributed by atoms with Gasteiger partial charge in [0.25, 0.3) is 10.0 Å². The van der Waals surface area contributed by atoms with Crippen LogP contribution in [0.5, 0.6) is 11.5 Å². The SMILES string of the molecule is CCOc1ccccc1NS(=O)(=O)c1ccc(OC)cc1Cl. The molecular formula is C15H16ClNO4S. The Bertz CT molecular complexity index is 762. The summed E-state index contributed by atoms with van der Waals surface area (Å²) in [7, 11) is -2.34. The van der Waals surface area contributed by atoms with Gasteiger partial charge in [-0.15, -0.1) is 0 Å². The van der Waals surface area contributed by atoms with E-state index in [-0.39, 0.29) is 9.92 Å². The number of hydrogen-bond donors (Lipinski definition) is 1. The highest BCUT2D eigenvalue weighted by Gasteiger charge is 2.20. The second-order valence-electron chi connectivity index (χ2n) is 4.33. The molecular weight excluding hydrogens is 326 g/mol. The molecule has 118 valence electrons. The van der Waals surface area contributed by atoms with E-state index in [9.17, 15) is 8.42 Å². The van der Waals surface area contributed by atoms with Gasteiger partial charge >= 0.3 is 0 Å². The lowest BCUT2D eigenvalue weighted by Crippen LogP contribution is -2.14. The van der Waals surface area contributed by atoms with Crippen molar-refractivity contribution in [3.8, 4) is 11.5 Å². The molecule has 0 aliphatic rings. The summed E-state index contributed by atoms with van der Waals surface area (Å²) in [6, 6.07) is 11.2. The second kappa shape index (κ2) is 6.89. The highest BCUT2D eigenvalue weighted by Crippen LogP contribution is 2.30. The van der Waals surface area contributed by atoms with Gasteiger partial charge in [-0.2, -0.15) is 0 Å². The monoisotopic (exact) mass is 341 g/mol. The van der Waals surface area contributed by atoms with Crippen LogP contribution in [0.3, 0.4) is 0 Å². The summed E-state index contributed by atoms with van der Waals surface area (Å²) in [5.74, 6) is 0.942. The number of para-hydroxylation sites is 2. The molecule has 0 amide bonds. The number of halogens is 1. The molecule has 0 radical (unpaired) electrons. The van der Waals surface area contributed by atoms with Crippen LogP contribution in [0.2, 0.25) is 5.02 Å². The molecule has 22 heavy (non-hydrogen) atoms. The van der Waals surface area contributed by atoms with Gasteiger partial charge in [0.15, 0.2) is 0 Å². The Kier molecular flexibility index (Phi) is 5.15. The van der Waals surface area contributed by atoms with Crippen LogP contribution in [-0.4, -0.2) is 22.1 Å². The van der Waals surface area contributed by atoms with Crippen molar-refractivity contribution in [2.24, 2.45) is 0 Å². The van der Waals surface area contributed by atoms with Crippen LogP contribution in [0, 0.1) is 0 Å². The number of anilines is 1. The van der Waals surface area contributed by atoms with Crippen molar-refractivity contribution in [1.29, 1.82) is 0 Å². The number of sulfonamides is 1. The Hall–Kier alpha value is -1.92. The predicted molar refractivity (Wildman–Crippen MR) is 86.4 cm³/mol. The predicted octanol–water partition coefficient (Wildman–Crippen LogP) is 3.55. The van der Waals surface area contributed by atoms with E-state index in [1.54, 1.807) is 24.3 Å². The van der Waals surface area contributed by atoms with E-state index in [0.717, 1.165) is 0 Å². The van der Waals surface area contributed by atoms with Gasteiger partial charge < -0.3 is 9.47 Å². The number of benzene rings is 2. The molecule has 0 unspecified atom stereocenters. The smallest absolute Gasteiger partial charge is 0.263 e. The van der Waals surface area contributed by atoms with Crippen LogP contribution < -0.4 is 14.2 Å². The molecule has 0 bridgehead atoms. The molecule has 2 aromatic rings. The van der Waals surface area contributed by atoms with E-state index in [1.165, 1.54) is 25.3 Å². The summed E-state index contributed by atoms with van der Waals surface area (Å²) >= 11 is 6.03. The molecule has 0 saturated carbocycles. The maximum Gasteiger partial charge on any atom is 0.263 e.